The fourth-order valence-electron chi connectivity index (χ4n) is 2.24. The Balaban J connectivity index is 1.74. The van der Waals surface area contributed by atoms with E-state index in [1.165, 1.54) is 6.08 Å². The first kappa shape index (κ1) is 15.0. The molecule has 23 heavy (non-hydrogen) atoms. The quantitative estimate of drug-likeness (QED) is 0.693. The lowest BCUT2D eigenvalue weighted by atomic mass is 10.2. The van der Waals surface area contributed by atoms with Crippen molar-refractivity contribution in [1.82, 2.24) is 14.9 Å². The smallest absolute Gasteiger partial charge is 0.246 e. The van der Waals surface area contributed by atoms with Crippen LogP contribution in [0.25, 0.3) is 17.1 Å². The van der Waals surface area contributed by atoms with Crippen LogP contribution < -0.4 is 0 Å². The Hall–Kier alpha value is -2.95. The number of furan rings is 1. The summed E-state index contributed by atoms with van der Waals surface area (Å²) in [5, 5.41) is 0. The summed E-state index contributed by atoms with van der Waals surface area (Å²) in [7, 11) is 1.74. The summed E-state index contributed by atoms with van der Waals surface area (Å²) < 4.78 is 5.34. The van der Waals surface area contributed by atoms with Crippen molar-refractivity contribution >= 4 is 23.0 Å². The Labute approximate surface area is 134 Å². The number of amides is 1. The predicted octanol–water partition coefficient (Wildman–Crippen LogP) is 3.46. The van der Waals surface area contributed by atoms with E-state index in [-0.39, 0.29) is 11.9 Å². The van der Waals surface area contributed by atoms with Gasteiger partial charge in [-0.05, 0) is 37.3 Å². The van der Waals surface area contributed by atoms with Gasteiger partial charge in [0, 0.05) is 13.1 Å². The van der Waals surface area contributed by atoms with Gasteiger partial charge in [0.2, 0.25) is 5.91 Å². The highest BCUT2D eigenvalue weighted by Gasteiger charge is 2.17. The number of hydrogen-bond donors (Lipinski definition) is 0. The van der Waals surface area contributed by atoms with Gasteiger partial charge in [0.05, 0.1) is 35.2 Å². The van der Waals surface area contributed by atoms with Crippen LogP contribution in [0, 0.1) is 0 Å². The number of rotatable bonds is 4. The second kappa shape index (κ2) is 6.44. The van der Waals surface area contributed by atoms with Crippen LogP contribution in [-0.2, 0) is 4.79 Å². The highest BCUT2D eigenvalue weighted by Crippen LogP contribution is 2.19. The first-order valence-corrected chi connectivity index (χ1v) is 7.35. The fourth-order valence-corrected chi connectivity index (χ4v) is 2.24. The number of nitrogens with zero attached hydrogens (tertiary/aromatic N) is 3. The zero-order chi connectivity index (χ0) is 16.2. The lowest BCUT2D eigenvalue weighted by molar-refractivity contribution is -0.126. The molecule has 0 fully saturated rings. The van der Waals surface area contributed by atoms with E-state index in [0.717, 1.165) is 16.8 Å². The van der Waals surface area contributed by atoms with E-state index in [4.69, 9.17) is 4.42 Å². The largest absolute Gasteiger partial charge is 0.467 e. The second-order valence-electron chi connectivity index (χ2n) is 5.26. The van der Waals surface area contributed by atoms with Gasteiger partial charge in [0.1, 0.15) is 5.76 Å². The SMILES string of the molecule is CC(c1ccco1)N(C)C(=O)/C=C/c1cnc2ccccc2n1. The van der Waals surface area contributed by atoms with Crippen molar-refractivity contribution in [3.8, 4) is 0 Å². The Morgan fingerprint density at radius 1 is 1.22 bits per heavy atom. The van der Waals surface area contributed by atoms with Crippen molar-refractivity contribution in [2.24, 2.45) is 0 Å². The highest BCUT2D eigenvalue weighted by atomic mass is 16.3. The standard InChI is InChI=1S/C18H17N3O2/c1-13(17-8-5-11-23-17)21(2)18(22)10-9-14-12-19-15-6-3-4-7-16(15)20-14/h3-13H,1-2H3/b10-9+. The number of aromatic nitrogens is 2. The Kier molecular flexibility index (Phi) is 4.19. The molecule has 3 rings (SSSR count). The number of carbonyl (C=O) groups excluding carboxylic acids is 1. The molecule has 2 heterocycles. The van der Waals surface area contributed by atoms with Crippen LogP contribution in [0.4, 0.5) is 0 Å². The van der Waals surface area contributed by atoms with Gasteiger partial charge in [0.25, 0.3) is 0 Å². The van der Waals surface area contributed by atoms with Crippen molar-refractivity contribution in [3.05, 3.63) is 66.4 Å². The molecule has 5 heteroatoms. The first-order chi connectivity index (χ1) is 11.1. The van der Waals surface area contributed by atoms with Gasteiger partial charge in [-0.3, -0.25) is 9.78 Å². The van der Waals surface area contributed by atoms with Crippen LogP contribution in [0.5, 0.6) is 0 Å². The zero-order valence-corrected chi connectivity index (χ0v) is 13.0. The number of likely N-dealkylation sites (N-methyl/N-ethyl adjacent to an activating group) is 1. The normalized spacial score (nSPS) is 12.6. The van der Waals surface area contributed by atoms with Crippen molar-refractivity contribution in [1.29, 1.82) is 0 Å². The summed E-state index contributed by atoms with van der Waals surface area (Å²) in [5.41, 5.74) is 2.29. The molecule has 0 bridgehead atoms. The summed E-state index contributed by atoms with van der Waals surface area (Å²) in [6, 6.07) is 11.2. The number of benzene rings is 1. The second-order valence-corrected chi connectivity index (χ2v) is 5.26. The minimum absolute atomic E-state index is 0.121. The third-order valence-corrected chi connectivity index (χ3v) is 3.75. The molecule has 0 aliphatic carbocycles. The third-order valence-electron chi connectivity index (χ3n) is 3.75. The monoisotopic (exact) mass is 307 g/mol. The van der Waals surface area contributed by atoms with Crippen LogP contribution in [-0.4, -0.2) is 27.8 Å². The molecule has 0 saturated heterocycles. The summed E-state index contributed by atoms with van der Waals surface area (Å²) in [4.78, 5) is 22.7. The van der Waals surface area contributed by atoms with E-state index in [1.54, 1.807) is 30.5 Å². The van der Waals surface area contributed by atoms with Gasteiger partial charge in [-0.15, -0.1) is 0 Å². The van der Waals surface area contributed by atoms with Gasteiger partial charge >= 0.3 is 0 Å². The predicted molar refractivity (Wildman–Crippen MR) is 88.5 cm³/mol. The summed E-state index contributed by atoms with van der Waals surface area (Å²) in [5.74, 6) is 0.628. The van der Waals surface area contributed by atoms with E-state index >= 15 is 0 Å². The van der Waals surface area contributed by atoms with E-state index in [2.05, 4.69) is 9.97 Å². The van der Waals surface area contributed by atoms with Crippen LogP contribution in [0.1, 0.15) is 24.4 Å². The van der Waals surface area contributed by atoms with Crippen LogP contribution >= 0.6 is 0 Å². The van der Waals surface area contributed by atoms with E-state index < -0.39 is 0 Å². The Morgan fingerprint density at radius 2 is 2.00 bits per heavy atom. The molecule has 0 radical (unpaired) electrons. The van der Waals surface area contributed by atoms with E-state index in [9.17, 15) is 4.79 Å². The molecule has 5 nitrogen and oxygen atoms in total. The third kappa shape index (κ3) is 3.29. The van der Waals surface area contributed by atoms with Crippen LogP contribution in [0.3, 0.4) is 0 Å². The molecule has 0 spiro atoms. The molecule has 116 valence electrons. The fraction of sp³-hybridized carbons (Fsp3) is 0.167. The molecule has 1 atom stereocenters. The minimum Gasteiger partial charge on any atom is -0.467 e. The Morgan fingerprint density at radius 3 is 2.74 bits per heavy atom. The molecule has 0 saturated carbocycles. The molecule has 0 N–H and O–H groups in total. The average molecular weight is 307 g/mol. The maximum Gasteiger partial charge on any atom is 0.246 e. The van der Waals surface area contributed by atoms with Crippen LogP contribution in [0.15, 0.2) is 59.4 Å². The molecule has 0 aliphatic heterocycles. The van der Waals surface area contributed by atoms with Gasteiger partial charge in [-0.25, -0.2) is 4.98 Å². The molecule has 1 unspecified atom stereocenters. The molecule has 0 aliphatic rings. The lowest BCUT2D eigenvalue weighted by Gasteiger charge is -2.21. The molecular formula is C18H17N3O2. The topological polar surface area (TPSA) is 59.2 Å². The molecule has 2 aromatic heterocycles. The van der Waals surface area contributed by atoms with Gasteiger partial charge < -0.3 is 9.32 Å². The Bertz CT molecular complexity index is 840. The number of carbonyl (C=O) groups is 1. The highest BCUT2D eigenvalue weighted by molar-refractivity contribution is 5.91. The van der Waals surface area contributed by atoms with E-state index in [0.29, 0.717) is 5.69 Å². The summed E-state index contributed by atoms with van der Waals surface area (Å²) >= 11 is 0. The number of para-hydroxylation sites is 2. The number of fused-ring (bicyclic) bond motifs is 1. The van der Waals surface area contributed by atoms with Crippen LogP contribution in [0.2, 0.25) is 0 Å². The average Bonchev–Trinajstić information content (AvgIpc) is 3.12. The first-order valence-electron chi connectivity index (χ1n) is 7.35. The minimum atomic E-state index is -0.134. The van der Waals surface area contributed by atoms with Gasteiger partial charge in [0.15, 0.2) is 0 Å². The lowest BCUT2D eigenvalue weighted by Crippen LogP contribution is -2.27. The van der Waals surface area contributed by atoms with E-state index in [1.807, 2.05) is 43.3 Å². The summed E-state index contributed by atoms with van der Waals surface area (Å²) in [6.45, 7) is 1.92. The molecule has 1 aromatic carbocycles. The van der Waals surface area contributed by atoms with Crippen molar-refractivity contribution in [3.63, 3.8) is 0 Å². The van der Waals surface area contributed by atoms with Gasteiger partial charge in [-0.2, -0.15) is 0 Å². The molecule has 3 aromatic rings. The van der Waals surface area contributed by atoms with Crippen molar-refractivity contribution < 1.29 is 9.21 Å². The maximum atomic E-state index is 12.3. The van der Waals surface area contributed by atoms with Gasteiger partial charge in [-0.1, -0.05) is 12.1 Å². The number of hydrogen-bond acceptors (Lipinski definition) is 4. The molecule has 1 amide bonds. The zero-order valence-electron chi connectivity index (χ0n) is 13.0. The molecular weight excluding hydrogens is 290 g/mol. The summed E-state index contributed by atoms with van der Waals surface area (Å²) in [6.07, 6.45) is 6.43. The maximum absolute atomic E-state index is 12.3. The van der Waals surface area contributed by atoms with Crippen molar-refractivity contribution in [2.75, 3.05) is 7.05 Å². The van der Waals surface area contributed by atoms with Crippen molar-refractivity contribution in [2.45, 2.75) is 13.0 Å².